The Morgan fingerprint density at radius 2 is 0.706 bits per heavy atom. The summed E-state index contributed by atoms with van der Waals surface area (Å²) in [6.07, 6.45) is 38.5. The quantitative estimate of drug-likeness (QED) is 0.157. The first-order valence-corrected chi connectivity index (χ1v) is 26.5. The van der Waals surface area contributed by atoms with Crippen LogP contribution in [0.5, 0.6) is 0 Å². The van der Waals surface area contributed by atoms with E-state index in [-0.39, 0.29) is 50.2 Å². The molecule has 7 nitrogen and oxygen atoms in total. The average molecular weight is 1120 g/mol. The second-order valence-electron chi connectivity index (χ2n) is 23.0. The van der Waals surface area contributed by atoms with Crippen molar-refractivity contribution in [3.8, 4) is 22.3 Å². The number of pyridine rings is 4. The lowest BCUT2D eigenvalue weighted by molar-refractivity contribution is -0.685. The minimum absolute atomic E-state index is 0. The van der Waals surface area contributed by atoms with E-state index < -0.39 is 7.15 Å². The molecule has 12 fully saturated rings. The molecule has 68 heavy (non-hydrogen) atoms. The fourth-order valence-electron chi connectivity index (χ4n) is 16.8. The second-order valence-corrected chi connectivity index (χ2v) is 23.5. The van der Waals surface area contributed by atoms with Crippen LogP contribution in [0.2, 0.25) is 0 Å². The van der Waals surface area contributed by atoms with Gasteiger partial charge in [0.2, 0.25) is 24.7 Å². The van der Waals surface area contributed by atoms with Crippen molar-refractivity contribution in [3.63, 3.8) is 0 Å². The van der Waals surface area contributed by atoms with Crippen LogP contribution in [0.15, 0.2) is 98.1 Å². The number of Topliss-reactive ketones (excluding diaryl/α,β-unsaturated/α-hetero) is 3. The topological polar surface area (TPSA) is 84.8 Å². The van der Waals surface area contributed by atoms with E-state index in [1.54, 1.807) is 24.8 Å². The van der Waals surface area contributed by atoms with Crippen LogP contribution in [0.1, 0.15) is 117 Å². The van der Waals surface area contributed by atoms with Gasteiger partial charge in [-0.15, -0.1) is 0 Å². The molecule has 12 bridgehead atoms. The third kappa shape index (κ3) is 10.8. The van der Waals surface area contributed by atoms with Crippen LogP contribution in [0.4, 0.5) is 4.39 Å². The number of carbonyl (C=O) groups is 3. The molecule has 0 unspecified atom stereocenters. The summed E-state index contributed by atoms with van der Waals surface area (Å²) in [4.78, 5) is 46.9. The fraction of sp³-hybridized carbons (Fsp3) is 0.596. The van der Waals surface area contributed by atoms with E-state index in [0.29, 0.717) is 35.8 Å². The van der Waals surface area contributed by atoms with E-state index >= 15 is 0 Å². The monoisotopic (exact) mass is 1120 g/mol. The van der Waals surface area contributed by atoms with Crippen LogP contribution < -0.4 is 43.1 Å². The van der Waals surface area contributed by atoms with Crippen LogP contribution >= 0.6 is 15.9 Å². The molecule has 0 radical (unpaired) electrons. The summed E-state index contributed by atoms with van der Waals surface area (Å²) < 4.78 is 19.7. The summed E-state index contributed by atoms with van der Waals surface area (Å²) in [6, 6.07) is 16.5. The smallest absolute Gasteiger partial charge is 0.207 e. The third-order valence-corrected chi connectivity index (χ3v) is 19.0. The van der Waals surface area contributed by atoms with Crippen molar-refractivity contribution in [1.29, 1.82) is 0 Å². The average Bonchev–Trinajstić information content (AvgIpc) is 3.32. The van der Waals surface area contributed by atoms with Crippen molar-refractivity contribution < 1.29 is 63.2 Å². The van der Waals surface area contributed by atoms with E-state index in [0.717, 1.165) is 103 Å². The van der Waals surface area contributed by atoms with Gasteiger partial charge in [-0.25, -0.2) is 0 Å². The van der Waals surface area contributed by atoms with Crippen molar-refractivity contribution in [3.05, 3.63) is 98.1 Å². The minimum Gasteiger partial charge on any atom is -1.00 e. The highest BCUT2D eigenvalue weighted by atomic mass is 79.9. The van der Waals surface area contributed by atoms with Gasteiger partial charge in [0.25, 0.3) is 0 Å². The summed E-state index contributed by atoms with van der Waals surface area (Å²) in [6.45, 7) is 1.02. The summed E-state index contributed by atoms with van der Waals surface area (Å²) >= 11 is 3.36. The van der Waals surface area contributed by atoms with E-state index in [4.69, 9.17) is 1.37 Å². The molecule has 0 saturated heterocycles. The standard InChI is InChI=1S/C34H42N2O2.C12H17BrO.C10H8N2.CH3F.2BrH/c37-31(33-15-23-9-24(16-33)11-25(10-23)17-33)21-35-5-1-29(2-6-35)30-3-7-36(8-4-30)22-32(38)34-18-26-12-27(19-34)14-28(13-26)20-34;13-7-11(14)12-4-8-1-9(5-12)3-10(2-8)6-12;1-5-11-6-2-9(1)10-3-7-12-8-4-10;1-2;;/h1-8,23-28H,9-22H2;8-10H,1-7H2;1-8H;1H3;2*1H/q+2;;;;;/p-2/i;;;1D;;. The molecule has 0 aromatic carbocycles. The van der Waals surface area contributed by atoms with Gasteiger partial charge in [0.15, 0.2) is 24.8 Å². The van der Waals surface area contributed by atoms with Crippen LogP contribution in [0, 0.1) is 69.5 Å². The summed E-state index contributed by atoms with van der Waals surface area (Å²) in [5, 5.41) is 0.582. The Labute approximate surface area is 434 Å². The highest BCUT2D eigenvalue weighted by molar-refractivity contribution is 9.09. The van der Waals surface area contributed by atoms with Crippen LogP contribution in [0.3, 0.4) is 0 Å². The molecule has 12 aliphatic rings. The highest BCUT2D eigenvalue weighted by Gasteiger charge is 2.57. The fourth-order valence-corrected chi connectivity index (χ4v) is 17.4. The Morgan fingerprint density at radius 1 is 0.485 bits per heavy atom. The van der Waals surface area contributed by atoms with E-state index in [1.807, 2.05) is 24.3 Å². The van der Waals surface area contributed by atoms with Crippen molar-refractivity contribution in [2.45, 2.75) is 129 Å². The molecule has 0 atom stereocenters. The zero-order valence-electron chi connectivity index (χ0n) is 40.5. The molecule has 0 N–H and O–H groups in total. The molecule has 4 heterocycles. The largest absolute Gasteiger partial charge is 1.00 e. The van der Waals surface area contributed by atoms with Crippen molar-refractivity contribution in [2.24, 2.45) is 69.5 Å². The molecule has 0 spiro atoms. The summed E-state index contributed by atoms with van der Waals surface area (Å²) in [5.41, 5.74) is 4.73. The number of rotatable bonds is 10. The molecule has 0 amide bonds. The Bertz CT molecular complexity index is 2130. The Kier molecular flexibility index (Phi) is 16.0. The number of alkyl halides is 2. The normalized spacial score (nSPS) is 34.6. The number of aromatic nitrogens is 4. The van der Waals surface area contributed by atoms with Crippen molar-refractivity contribution in [1.82, 2.24) is 9.97 Å². The van der Waals surface area contributed by atoms with E-state index in [9.17, 15) is 18.8 Å². The first kappa shape index (κ1) is 49.9. The maximum atomic E-state index is 13.5. The molecular formula is C57H70Br3FN4O3. The molecule has 11 heteroatoms. The van der Waals surface area contributed by atoms with Crippen LogP contribution in [-0.4, -0.2) is 39.8 Å². The lowest BCUT2D eigenvalue weighted by Gasteiger charge is -2.55. The van der Waals surface area contributed by atoms with Gasteiger partial charge in [-0.3, -0.25) is 28.7 Å². The zero-order valence-corrected chi connectivity index (χ0v) is 44.3. The highest BCUT2D eigenvalue weighted by Crippen LogP contribution is 2.62. The van der Waals surface area contributed by atoms with Crippen molar-refractivity contribution in [2.75, 3.05) is 12.5 Å². The first-order chi connectivity index (χ1) is 32.5. The summed E-state index contributed by atoms with van der Waals surface area (Å²) in [5.74, 6) is 8.96. The maximum Gasteiger partial charge on any atom is 0.207 e. The van der Waals surface area contributed by atoms with Gasteiger partial charge in [-0.2, -0.15) is 9.13 Å². The van der Waals surface area contributed by atoms with Gasteiger partial charge < -0.3 is 34.0 Å². The number of nitrogens with zero attached hydrogens (tertiary/aromatic N) is 4. The molecule has 364 valence electrons. The third-order valence-electron chi connectivity index (χ3n) is 18.5. The number of hydrogen-bond acceptors (Lipinski definition) is 5. The molecule has 0 aliphatic heterocycles. The van der Waals surface area contributed by atoms with Crippen LogP contribution in [-0.2, 0) is 27.5 Å². The molecule has 16 rings (SSSR count). The van der Waals surface area contributed by atoms with Gasteiger partial charge in [0, 0.05) is 65.3 Å². The number of ketones is 3. The molecule has 12 saturated carbocycles. The van der Waals surface area contributed by atoms with Gasteiger partial charge in [0.05, 0.1) is 13.9 Å². The molecule has 4 aromatic rings. The molecule has 12 aliphatic carbocycles. The molecule has 4 aromatic heterocycles. The molecular weight excluding hydrogens is 1050 g/mol. The Balaban J connectivity index is 0.000000169. The number of carbonyl (C=O) groups excluding carboxylic acids is 3. The Hall–Kier alpha value is -3.02. The number of halogens is 4. The maximum absolute atomic E-state index is 13.5. The predicted octanol–water partition coefficient (Wildman–Crippen LogP) is 5.40. The minimum atomic E-state index is -1.00. The zero-order chi connectivity index (χ0) is 46.2. The lowest BCUT2D eigenvalue weighted by Crippen LogP contribution is -3.00. The number of hydrogen-bond donors (Lipinski definition) is 0. The van der Waals surface area contributed by atoms with Crippen LogP contribution in [0.25, 0.3) is 22.3 Å². The van der Waals surface area contributed by atoms with E-state index in [2.05, 4.69) is 84.1 Å². The van der Waals surface area contributed by atoms with Gasteiger partial charge in [-0.1, -0.05) is 15.9 Å². The lowest BCUT2D eigenvalue weighted by atomic mass is 9.48. The first-order valence-electron chi connectivity index (χ1n) is 26.0. The SMILES string of the molecule is O=C(CBr)C12CC3CC(CC(C3)C1)C2.O=C(C[n+]1ccc(-c2cc[n+](CC(=O)C34CC5CC(CC(C5)C3)C4)cc2)cc1)C12CC3CC(CC(C3)C1)C2.[2H]CF.[Br-].[Br-].c1cc(-c2ccncc2)ccn1. The van der Waals surface area contributed by atoms with Crippen molar-refractivity contribution >= 4 is 33.3 Å². The van der Waals surface area contributed by atoms with E-state index in [1.165, 1.54) is 88.2 Å². The Morgan fingerprint density at radius 3 is 0.941 bits per heavy atom. The second kappa shape index (κ2) is 21.8. The summed E-state index contributed by atoms with van der Waals surface area (Å²) in [7, 11) is -1.00. The van der Waals surface area contributed by atoms with Gasteiger partial charge in [-0.05, 0) is 215 Å². The van der Waals surface area contributed by atoms with Gasteiger partial charge in [0.1, 0.15) is 5.78 Å². The van der Waals surface area contributed by atoms with Gasteiger partial charge >= 0.3 is 0 Å². The predicted molar refractivity (Wildman–Crippen MR) is 257 cm³/mol.